The van der Waals surface area contributed by atoms with Gasteiger partial charge in [0.2, 0.25) is 0 Å². The minimum absolute atomic E-state index is 0.288. The Bertz CT molecular complexity index is 592. The molecular formula is C16H17BrFNO2. The van der Waals surface area contributed by atoms with Crippen molar-refractivity contribution in [2.24, 2.45) is 0 Å². The van der Waals surface area contributed by atoms with E-state index < -0.39 is 0 Å². The number of benzene rings is 2. The number of nitrogens with one attached hydrogen (secondary N) is 1. The average Bonchev–Trinajstić information content (AvgIpc) is 2.48. The summed E-state index contributed by atoms with van der Waals surface area (Å²) >= 11 is 3.42. The fraction of sp³-hybridized carbons (Fsp3) is 0.250. The van der Waals surface area contributed by atoms with E-state index in [2.05, 4.69) is 21.2 Å². The van der Waals surface area contributed by atoms with Crippen molar-refractivity contribution in [3.05, 3.63) is 58.3 Å². The molecule has 0 unspecified atom stereocenters. The number of hydrogen-bond acceptors (Lipinski definition) is 3. The lowest BCUT2D eigenvalue weighted by molar-refractivity contribution is 0.199. The molecule has 0 radical (unpaired) electrons. The zero-order valence-corrected chi connectivity index (χ0v) is 13.3. The van der Waals surface area contributed by atoms with Gasteiger partial charge < -0.3 is 14.8 Å². The zero-order valence-electron chi connectivity index (χ0n) is 11.7. The molecule has 0 aliphatic carbocycles. The van der Waals surface area contributed by atoms with Crippen LogP contribution in [0.25, 0.3) is 0 Å². The van der Waals surface area contributed by atoms with E-state index in [1.807, 2.05) is 24.3 Å². The van der Waals surface area contributed by atoms with E-state index in [1.165, 1.54) is 6.07 Å². The van der Waals surface area contributed by atoms with Gasteiger partial charge in [-0.15, -0.1) is 0 Å². The molecule has 0 amide bonds. The van der Waals surface area contributed by atoms with Crippen molar-refractivity contribution < 1.29 is 13.9 Å². The van der Waals surface area contributed by atoms with E-state index in [9.17, 15) is 4.39 Å². The van der Waals surface area contributed by atoms with Crippen molar-refractivity contribution in [3.8, 4) is 11.5 Å². The van der Waals surface area contributed by atoms with Crippen molar-refractivity contribution in [2.45, 2.75) is 6.54 Å². The Morgan fingerprint density at radius 2 is 1.86 bits per heavy atom. The van der Waals surface area contributed by atoms with Gasteiger partial charge in [0.25, 0.3) is 0 Å². The van der Waals surface area contributed by atoms with E-state index in [0.717, 1.165) is 4.47 Å². The molecule has 0 heterocycles. The first kappa shape index (κ1) is 15.9. The van der Waals surface area contributed by atoms with Crippen molar-refractivity contribution in [1.29, 1.82) is 0 Å². The summed E-state index contributed by atoms with van der Waals surface area (Å²) in [6.07, 6.45) is 0. The highest BCUT2D eigenvalue weighted by Gasteiger charge is 2.11. The number of methoxy groups -OCH3 is 1. The Kier molecular flexibility index (Phi) is 6.17. The van der Waals surface area contributed by atoms with Crippen LogP contribution in [0.4, 0.5) is 4.39 Å². The van der Waals surface area contributed by atoms with Gasteiger partial charge in [-0.2, -0.15) is 0 Å². The fourth-order valence-electron chi connectivity index (χ4n) is 1.84. The molecule has 0 saturated heterocycles. The van der Waals surface area contributed by atoms with Gasteiger partial charge in [-0.05, 0) is 40.2 Å². The molecule has 112 valence electrons. The number of halogens is 2. The predicted molar refractivity (Wildman–Crippen MR) is 84.2 cm³/mol. The SMILES string of the molecule is COCCNCc1c(F)cccc1Oc1ccccc1Br. The second-order valence-electron chi connectivity index (χ2n) is 4.42. The first-order valence-electron chi connectivity index (χ1n) is 6.62. The molecule has 5 heteroatoms. The van der Waals surface area contributed by atoms with Gasteiger partial charge in [0.15, 0.2) is 0 Å². The largest absolute Gasteiger partial charge is 0.456 e. The third-order valence-corrected chi connectivity index (χ3v) is 3.57. The minimum atomic E-state index is -0.288. The van der Waals surface area contributed by atoms with Crippen molar-refractivity contribution in [3.63, 3.8) is 0 Å². The predicted octanol–water partition coefficient (Wildman–Crippen LogP) is 4.12. The van der Waals surface area contributed by atoms with E-state index >= 15 is 0 Å². The molecule has 2 aromatic rings. The highest BCUT2D eigenvalue weighted by atomic mass is 79.9. The zero-order chi connectivity index (χ0) is 15.1. The molecule has 21 heavy (non-hydrogen) atoms. The summed E-state index contributed by atoms with van der Waals surface area (Å²) < 4.78 is 25.6. The third kappa shape index (κ3) is 4.52. The van der Waals surface area contributed by atoms with Crippen LogP contribution < -0.4 is 10.1 Å². The Morgan fingerprint density at radius 3 is 2.62 bits per heavy atom. The van der Waals surface area contributed by atoms with Crippen molar-refractivity contribution >= 4 is 15.9 Å². The number of hydrogen-bond donors (Lipinski definition) is 1. The van der Waals surface area contributed by atoms with Gasteiger partial charge in [0.1, 0.15) is 17.3 Å². The first-order chi connectivity index (χ1) is 10.2. The number of rotatable bonds is 7. The van der Waals surface area contributed by atoms with Crippen LogP contribution in [0.1, 0.15) is 5.56 Å². The van der Waals surface area contributed by atoms with Crippen LogP contribution in [0.15, 0.2) is 46.9 Å². The van der Waals surface area contributed by atoms with Crippen molar-refractivity contribution in [1.82, 2.24) is 5.32 Å². The first-order valence-corrected chi connectivity index (χ1v) is 7.41. The smallest absolute Gasteiger partial charge is 0.141 e. The van der Waals surface area contributed by atoms with Crippen molar-refractivity contribution in [2.75, 3.05) is 20.3 Å². The lowest BCUT2D eigenvalue weighted by atomic mass is 10.2. The molecule has 2 rings (SSSR count). The minimum Gasteiger partial charge on any atom is -0.456 e. The molecule has 0 aromatic heterocycles. The maximum absolute atomic E-state index is 14.0. The Balaban J connectivity index is 2.15. The molecule has 0 bridgehead atoms. The molecule has 0 saturated carbocycles. The summed E-state index contributed by atoms with van der Waals surface area (Å²) in [4.78, 5) is 0. The van der Waals surface area contributed by atoms with Gasteiger partial charge in [-0.25, -0.2) is 4.39 Å². The van der Waals surface area contributed by atoms with Crippen LogP contribution in [-0.4, -0.2) is 20.3 Å². The van der Waals surface area contributed by atoms with Gasteiger partial charge in [0.05, 0.1) is 11.1 Å². The maximum atomic E-state index is 14.0. The topological polar surface area (TPSA) is 30.5 Å². The van der Waals surface area contributed by atoms with Crippen LogP contribution >= 0.6 is 15.9 Å². The van der Waals surface area contributed by atoms with Crippen LogP contribution in [0, 0.1) is 5.82 Å². The van der Waals surface area contributed by atoms with E-state index in [4.69, 9.17) is 9.47 Å². The van der Waals surface area contributed by atoms with Crippen LogP contribution in [0.5, 0.6) is 11.5 Å². The van der Waals surface area contributed by atoms with Crippen LogP contribution in [0.2, 0.25) is 0 Å². The third-order valence-electron chi connectivity index (χ3n) is 2.92. The normalized spacial score (nSPS) is 10.6. The summed E-state index contributed by atoms with van der Waals surface area (Å²) in [5.74, 6) is 0.873. The molecule has 0 atom stereocenters. The van der Waals surface area contributed by atoms with E-state index in [0.29, 0.717) is 36.8 Å². The highest BCUT2D eigenvalue weighted by Crippen LogP contribution is 2.32. The van der Waals surface area contributed by atoms with E-state index in [-0.39, 0.29) is 5.82 Å². The van der Waals surface area contributed by atoms with Crippen LogP contribution in [-0.2, 0) is 11.3 Å². The monoisotopic (exact) mass is 353 g/mol. The molecule has 2 aromatic carbocycles. The Morgan fingerprint density at radius 1 is 1.10 bits per heavy atom. The van der Waals surface area contributed by atoms with E-state index in [1.54, 1.807) is 19.2 Å². The van der Waals surface area contributed by atoms with Crippen LogP contribution in [0.3, 0.4) is 0 Å². The quantitative estimate of drug-likeness (QED) is 0.759. The summed E-state index contributed by atoms with van der Waals surface area (Å²) in [6.45, 7) is 1.62. The second kappa shape index (κ2) is 8.12. The second-order valence-corrected chi connectivity index (χ2v) is 5.27. The lowest BCUT2D eigenvalue weighted by Crippen LogP contribution is -2.19. The van der Waals surface area contributed by atoms with Gasteiger partial charge >= 0.3 is 0 Å². The van der Waals surface area contributed by atoms with Gasteiger partial charge in [-0.3, -0.25) is 0 Å². The standard InChI is InChI=1S/C16H17BrFNO2/c1-20-10-9-19-11-12-14(18)6-4-8-15(12)21-16-7-3-2-5-13(16)17/h2-8,19H,9-11H2,1H3. The summed E-state index contributed by atoms with van der Waals surface area (Å²) in [5.41, 5.74) is 0.504. The lowest BCUT2D eigenvalue weighted by Gasteiger charge is -2.13. The molecule has 0 spiro atoms. The van der Waals surface area contributed by atoms with Gasteiger partial charge in [-0.1, -0.05) is 18.2 Å². The number of para-hydroxylation sites is 1. The summed E-state index contributed by atoms with van der Waals surface area (Å²) in [6, 6.07) is 12.3. The summed E-state index contributed by atoms with van der Waals surface area (Å²) in [7, 11) is 1.63. The molecule has 0 aliphatic rings. The summed E-state index contributed by atoms with van der Waals surface area (Å²) in [5, 5.41) is 3.13. The average molecular weight is 354 g/mol. The molecular weight excluding hydrogens is 337 g/mol. The molecule has 0 fully saturated rings. The maximum Gasteiger partial charge on any atom is 0.141 e. The molecule has 0 aliphatic heterocycles. The molecule has 1 N–H and O–H groups in total. The molecule has 3 nitrogen and oxygen atoms in total. The Labute approximate surface area is 132 Å². The number of ether oxygens (including phenoxy) is 2. The fourth-order valence-corrected chi connectivity index (χ4v) is 2.21. The Hall–Kier alpha value is -1.43. The highest BCUT2D eigenvalue weighted by molar-refractivity contribution is 9.10. The van der Waals surface area contributed by atoms with Gasteiger partial charge in [0, 0.05) is 25.8 Å².